The summed E-state index contributed by atoms with van der Waals surface area (Å²) >= 11 is 0. The van der Waals surface area contributed by atoms with Crippen LogP contribution in [0.1, 0.15) is 41.6 Å². The third kappa shape index (κ3) is 4.42. The number of pyridine rings is 1. The van der Waals surface area contributed by atoms with Crippen molar-refractivity contribution in [1.82, 2.24) is 15.2 Å². The standard InChI is InChI=1S/C22H25FN4O3/c1-12(2)19(20-13(3)17-9-15(23)6-7-18(17)30-20)26-22(29)25-16-8-14(10-24-11-16)21(28)27(4)5/h6-12,19H,1-5H3,(H2,25,26,29)/t19-/m0/s1. The van der Waals surface area contributed by atoms with Gasteiger partial charge in [-0.05, 0) is 37.1 Å². The molecule has 0 unspecified atom stereocenters. The van der Waals surface area contributed by atoms with Crippen LogP contribution in [0.4, 0.5) is 14.9 Å². The average molecular weight is 412 g/mol. The molecule has 3 amide bonds. The van der Waals surface area contributed by atoms with Gasteiger partial charge in [-0.1, -0.05) is 13.8 Å². The molecule has 3 rings (SSSR count). The fourth-order valence-electron chi connectivity index (χ4n) is 3.24. The predicted molar refractivity (Wildman–Crippen MR) is 113 cm³/mol. The molecular formula is C22H25FN4O3. The molecule has 0 fully saturated rings. The van der Waals surface area contributed by atoms with Gasteiger partial charge in [0.05, 0.1) is 23.5 Å². The Labute approximate surface area is 174 Å². The summed E-state index contributed by atoms with van der Waals surface area (Å²) in [6.07, 6.45) is 2.91. The van der Waals surface area contributed by atoms with Gasteiger partial charge in [0.2, 0.25) is 0 Å². The number of hydrogen-bond acceptors (Lipinski definition) is 4. The molecule has 0 saturated carbocycles. The van der Waals surface area contributed by atoms with E-state index in [1.165, 1.54) is 29.4 Å². The maximum atomic E-state index is 13.6. The van der Waals surface area contributed by atoms with Crippen LogP contribution in [0.5, 0.6) is 0 Å². The summed E-state index contributed by atoms with van der Waals surface area (Å²) in [7, 11) is 3.29. The quantitative estimate of drug-likeness (QED) is 0.646. The minimum absolute atomic E-state index is 0.0136. The second-order valence-electron chi connectivity index (χ2n) is 7.71. The minimum atomic E-state index is -0.462. The first-order valence-corrected chi connectivity index (χ1v) is 9.60. The lowest BCUT2D eigenvalue weighted by Gasteiger charge is -2.21. The third-order valence-electron chi connectivity index (χ3n) is 4.82. The zero-order chi connectivity index (χ0) is 22.0. The van der Waals surface area contributed by atoms with E-state index >= 15 is 0 Å². The van der Waals surface area contributed by atoms with E-state index in [0.717, 1.165) is 5.56 Å². The van der Waals surface area contributed by atoms with Crippen molar-refractivity contribution in [1.29, 1.82) is 0 Å². The van der Waals surface area contributed by atoms with Crippen LogP contribution in [0, 0.1) is 18.7 Å². The number of nitrogens with one attached hydrogen (secondary N) is 2. The zero-order valence-corrected chi connectivity index (χ0v) is 17.6. The molecule has 0 radical (unpaired) electrons. The second kappa shape index (κ2) is 8.52. The van der Waals surface area contributed by atoms with Gasteiger partial charge in [-0.25, -0.2) is 9.18 Å². The van der Waals surface area contributed by atoms with Gasteiger partial charge in [0, 0.05) is 31.2 Å². The smallest absolute Gasteiger partial charge is 0.319 e. The highest BCUT2D eigenvalue weighted by atomic mass is 19.1. The van der Waals surface area contributed by atoms with E-state index in [9.17, 15) is 14.0 Å². The summed E-state index contributed by atoms with van der Waals surface area (Å²) in [6.45, 7) is 5.75. The molecule has 8 heteroatoms. The molecule has 2 N–H and O–H groups in total. The summed E-state index contributed by atoms with van der Waals surface area (Å²) in [6, 6.07) is 5.02. The Hall–Kier alpha value is -3.42. The molecule has 1 aromatic carbocycles. The fourth-order valence-corrected chi connectivity index (χ4v) is 3.24. The van der Waals surface area contributed by atoms with Crippen LogP contribution >= 0.6 is 0 Å². The Balaban J connectivity index is 1.81. The Kier molecular flexibility index (Phi) is 6.05. The molecular weight excluding hydrogens is 387 g/mol. The molecule has 0 aliphatic carbocycles. The molecule has 0 saturated heterocycles. The summed E-state index contributed by atoms with van der Waals surface area (Å²) in [5.41, 5.74) is 2.11. The maximum Gasteiger partial charge on any atom is 0.319 e. The van der Waals surface area contributed by atoms with E-state index in [1.807, 2.05) is 20.8 Å². The van der Waals surface area contributed by atoms with Crippen molar-refractivity contribution in [2.45, 2.75) is 26.8 Å². The molecule has 2 heterocycles. The zero-order valence-electron chi connectivity index (χ0n) is 17.6. The number of carbonyl (C=O) groups excluding carboxylic acids is 2. The number of nitrogens with zero attached hydrogens (tertiary/aromatic N) is 2. The van der Waals surface area contributed by atoms with Crippen LogP contribution in [-0.4, -0.2) is 35.9 Å². The normalized spacial score (nSPS) is 12.1. The highest BCUT2D eigenvalue weighted by molar-refractivity contribution is 5.96. The van der Waals surface area contributed by atoms with Crippen molar-refractivity contribution < 1.29 is 18.4 Å². The number of carbonyl (C=O) groups is 2. The largest absolute Gasteiger partial charge is 0.459 e. The van der Waals surface area contributed by atoms with Gasteiger partial charge in [0.15, 0.2) is 0 Å². The number of furan rings is 1. The molecule has 0 aliphatic heterocycles. The number of anilines is 1. The van der Waals surface area contributed by atoms with Gasteiger partial charge in [-0.3, -0.25) is 9.78 Å². The van der Waals surface area contributed by atoms with Gasteiger partial charge < -0.3 is 20.0 Å². The minimum Gasteiger partial charge on any atom is -0.459 e. The van der Waals surface area contributed by atoms with Crippen LogP contribution < -0.4 is 10.6 Å². The summed E-state index contributed by atoms with van der Waals surface area (Å²) in [5, 5.41) is 6.29. The fraction of sp³-hybridized carbons (Fsp3) is 0.318. The lowest BCUT2D eigenvalue weighted by molar-refractivity contribution is 0.0827. The van der Waals surface area contributed by atoms with Crippen LogP contribution in [-0.2, 0) is 0 Å². The summed E-state index contributed by atoms with van der Waals surface area (Å²) < 4.78 is 19.6. The van der Waals surface area contributed by atoms with Gasteiger partial charge in [-0.2, -0.15) is 0 Å². The number of rotatable bonds is 5. The first-order valence-electron chi connectivity index (χ1n) is 9.60. The van der Waals surface area contributed by atoms with Crippen molar-refractivity contribution in [3.05, 3.63) is 59.4 Å². The number of aromatic nitrogens is 1. The van der Waals surface area contributed by atoms with E-state index in [1.54, 1.807) is 26.2 Å². The van der Waals surface area contributed by atoms with Crippen molar-refractivity contribution in [3.63, 3.8) is 0 Å². The lowest BCUT2D eigenvalue weighted by atomic mass is 9.98. The van der Waals surface area contributed by atoms with Gasteiger partial charge in [0.1, 0.15) is 17.2 Å². The number of fused-ring (bicyclic) bond motifs is 1. The number of aryl methyl sites for hydroxylation is 1. The van der Waals surface area contributed by atoms with Crippen molar-refractivity contribution >= 4 is 28.6 Å². The number of benzene rings is 1. The molecule has 0 spiro atoms. The second-order valence-corrected chi connectivity index (χ2v) is 7.71. The Morgan fingerprint density at radius 3 is 2.57 bits per heavy atom. The Morgan fingerprint density at radius 2 is 1.90 bits per heavy atom. The molecule has 7 nitrogen and oxygen atoms in total. The first-order chi connectivity index (χ1) is 14.2. The van der Waals surface area contributed by atoms with Gasteiger partial charge >= 0.3 is 6.03 Å². The van der Waals surface area contributed by atoms with Crippen molar-refractivity contribution in [3.8, 4) is 0 Å². The van der Waals surface area contributed by atoms with E-state index in [-0.39, 0.29) is 17.6 Å². The van der Waals surface area contributed by atoms with Crippen LogP contribution in [0.15, 0.2) is 41.1 Å². The van der Waals surface area contributed by atoms with E-state index in [0.29, 0.717) is 28.0 Å². The molecule has 158 valence electrons. The number of halogens is 1. The number of amides is 3. The highest BCUT2D eigenvalue weighted by Gasteiger charge is 2.25. The summed E-state index contributed by atoms with van der Waals surface area (Å²) in [4.78, 5) is 30.2. The molecule has 2 aromatic heterocycles. The first kappa shape index (κ1) is 21.3. The monoisotopic (exact) mass is 412 g/mol. The Morgan fingerprint density at radius 1 is 1.17 bits per heavy atom. The summed E-state index contributed by atoms with van der Waals surface area (Å²) in [5.74, 6) is 0.0381. The van der Waals surface area contributed by atoms with Gasteiger partial charge in [-0.15, -0.1) is 0 Å². The maximum absolute atomic E-state index is 13.6. The number of hydrogen-bond donors (Lipinski definition) is 2. The van der Waals surface area contributed by atoms with E-state index in [2.05, 4.69) is 15.6 Å². The van der Waals surface area contributed by atoms with Crippen LogP contribution in [0.3, 0.4) is 0 Å². The number of urea groups is 1. The Bertz CT molecular complexity index is 1090. The third-order valence-corrected chi connectivity index (χ3v) is 4.82. The average Bonchev–Trinajstić information content (AvgIpc) is 3.01. The topological polar surface area (TPSA) is 87.5 Å². The van der Waals surface area contributed by atoms with E-state index in [4.69, 9.17) is 4.42 Å². The molecule has 0 aliphatic rings. The highest BCUT2D eigenvalue weighted by Crippen LogP contribution is 2.33. The molecule has 1 atom stereocenters. The lowest BCUT2D eigenvalue weighted by Crippen LogP contribution is -2.35. The molecule has 30 heavy (non-hydrogen) atoms. The molecule has 0 bridgehead atoms. The van der Waals surface area contributed by atoms with Gasteiger partial charge in [0.25, 0.3) is 5.91 Å². The predicted octanol–water partition coefficient (Wildman–Crippen LogP) is 4.50. The van der Waals surface area contributed by atoms with Crippen LogP contribution in [0.2, 0.25) is 0 Å². The van der Waals surface area contributed by atoms with Crippen LogP contribution in [0.25, 0.3) is 11.0 Å². The molecule has 3 aromatic rings. The van der Waals surface area contributed by atoms with E-state index < -0.39 is 12.1 Å². The SMILES string of the molecule is Cc1c([C@@H](NC(=O)Nc2cncc(C(=O)N(C)C)c2)C(C)C)oc2ccc(F)cc12. The van der Waals surface area contributed by atoms with Crippen molar-refractivity contribution in [2.24, 2.45) is 5.92 Å². The van der Waals surface area contributed by atoms with Crippen molar-refractivity contribution in [2.75, 3.05) is 19.4 Å².